The summed E-state index contributed by atoms with van der Waals surface area (Å²) in [5.41, 5.74) is 5.76. The first-order valence-electron chi connectivity index (χ1n) is 6.38. The van der Waals surface area contributed by atoms with Gasteiger partial charge in [0.2, 0.25) is 0 Å². The first kappa shape index (κ1) is 13.5. The maximum Gasteiger partial charge on any atom is 0.323 e. The second kappa shape index (κ2) is 5.67. The first-order chi connectivity index (χ1) is 7.41. The van der Waals surface area contributed by atoms with E-state index in [4.69, 9.17) is 10.5 Å². The van der Waals surface area contributed by atoms with Crippen molar-refractivity contribution < 1.29 is 9.53 Å². The molecule has 16 heavy (non-hydrogen) atoms. The minimum absolute atomic E-state index is 0.0866. The Balaban J connectivity index is 2.40. The minimum atomic E-state index is -0.477. The van der Waals surface area contributed by atoms with Crippen LogP contribution in [0.3, 0.4) is 0 Å². The number of ether oxygens (including phenoxy) is 1. The van der Waals surface area contributed by atoms with Crippen molar-refractivity contribution in [2.45, 2.75) is 59.1 Å². The highest BCUT2D eigenvalue weighted by Gasteiger charge is 2.29. The zero-order chi connectivity index (χ0) is 12.3. The third-order valence-electron chi connectivity index (χ3n) is 3.82. The molecule has 0 aromatic rings. The number of rotatable bonds is 3. The summed E-state index contributed by atoms with van der Waals surface area (Å²) in [7, 11) is 0. The molecule has 0 radical (unpaired) electrons. The van der Waals surface area contributed by atoms with Gasteiger partial charge in [-0.2, -0.15) is 0 Å². The summed E-state index contributed by atoms with van der Waals surface area (Å²) < 4.78 is 5.47. The van der Waals surface area contributed by atoms with E-state index in [0.29, 0.717) is 5.92 Å². The summed E-state index contributed by atoms with van der Waals surface area (Å²) in [6.07, 6.45) is 3.21. The van der Waals surface area contributed by atoms with E-state index in [1.54, 1.807) is 0 Å². The van der Waals surface area contributed by atoms with Crippen molar-refractivity contribution in [2.24, 2.45) is 23.5 Å². The van der Waals surface area contributed by atoms with Crippen molar-refractivity contribution in [1.82, 2.24) is 0 Å². The highest BCUT2D eigenvalue weighted by molar-refractivity contribution is 5.75. The van der Waals surface area contributed by atoms with Crippen LogP contribution in [0, 0.1) is 17.8 Å². The molecule has 0 heterocycles. The Bertz CT molecular complexity index is 240. The largest absolute Gasteiger partial charge is 0.461 e. The molecule has 94 valence electrons. The second-order valence-electron chi connectivity index (χ2n) is 5.60. The van der Waals surface area contributed by atoms with Gasteiger partial charge in [-0.3, -0.25) is 4.79 Å². The Morgan fingerprint density at radius 2 is 1.88 bits per heavy atom. The Morgan fingerprint density at radius 3 is 2.38 bits per heavy atom. The molecule has 0 bridgehead atoms. The standard InChI is InChI=1S/C13H25NO2/c1-8(2)12(14)13(15)16-11-6-5-9(3)10(4)7-11/h8-12H,5-7,14H2,1-4H3. The molecular weight excluding hydrogens is 202 g/mol. The lowest BCUT2D eigenvalue weighted by Crippen LogP contribution is -2.40. The topological polar surface area (TPSA) is 52.3 Å². The van der Waals surface area contributed by atoms with Crippen LogP contribution in [0.15, 0.2) is 0 Å². The fourth-order valence-electron chi connectivity index (χ4n) is 2.12. The van der Waals surface area contributed by atoms with Gasteiger partial charge in [0, 0.05) is 0 Å². The SMILES string of the molecule is CC(C)C(N)C(=O)OC1CCC(C)C(C)C1. The van der Waals surface area contributed by atoms with Gasteiger partial charge in [-0.1, -0.05) is 27.7 Å². The molecule has 1 aliphatic rings. The fraction of sp³-hybridized carbons (Fsp3) is 0.923. The Labute approximate surface area is 98.7 Å². The van der Waals surface area contributed by atoms with E-state index in [-0.39, 0.29) is 18.0 Å². The smallest absolute Gasteiger partial charge is 0.323 e. The minimum Gasteiger partial charge on any atom is -0.461 e. The molecule has 0 amide bonds. The lowest BCUT2D eigenvalue weighted by Gasteiger charge is -2.32. The van der Waals surface area contributed by atoms with Gasteiger partial charge in [-0.05, 0) is 37.0 Å². The van der Waals surface area contributed by atoms with Crippen LogP contribution in [0.1, 0.15) is 47.0 Å². The average molecular weight is 227 g/mol. The van der Waals surface area contributed by atoms with E-state index >= 15 is 0 Å². The second-order valence-corrected chi connectivity index (χ2v) is 5.60. The van der Waals surface area contributed by atoms with E-state index in [2.05, 4.69) is 13.8 Å². The molecular formula is C13H25NO2. The summed E-state index contributed by atoms with van der Waals surface area (Å²) in [5, 5.41) is 0. The lowest BCUT2D eigenvalue weighted by atomic mass is 9.80. The summed E-state index contributed by atoms with van der Waals surface area (Å²) >= 11 is 0. The van der Waals surface area contributed by atoms with E-state index in [0.717, 1.165) is 25.2 Å². The first-order valence-corrected chi connectivity index (χ1v) is 6.38. The normalized spacial score (nSPS) is 32.5. The molecule has 4 unspecified atom stereocenters. The third-order valence-corrected chi connectivity index (χ3v) is 3.82. The highest BCUT2D eigenvalue weighted by Crippen LogP contribution is 2.31. The predicted octanol–water partition coefficient (Wildman–Crippen LogP) is 2.34. The molecule has 2 N–H and O–H groups in total. The average Bonchev–Trinajstić information content (AvgIpc) is 2.22. The predicted molar refractivity (Wildman–Crippen MR) is 64.9 cm³/mol. The van der Waals surface area contributed by atoms with Crippen molar-refractivity contribution in [3.05, 3.63) is 0 Å². The fourth-order valence-corrected chi connectivity index (χ4v) is 2.12. The molecule has 1 rings (SSSR count). The number of carbonyl (C=O) groups is 1. The maximum absolute atomic E-state index is 11.7. The Hall–Kier alpha value is -0.570. The molecule has 0 aliphatic heterocycles. The number of nitrogens with two attached hydrogens (primary N) is 1. The van der Waals surface area contributed by atoms with Crippen LogP contribution in [0.2, 0.25) is 0 Å². The summed E-state index contributed by atoms with van der Waals surface area (Å²) in [4.78, 5) is 11.7. The van der Waals surface area contributed by atoms with Crippen molar-refractivity contribution in [3.8, 4) is 0 Å². The van der Waals surface area contributed by atoms with Gasteiger partial charge < -0.3 is 10.5 Å². The summed E-state index contributed by atoms with van der Waals surface area (Å²) in [5.74, 6) is 1.30. The zero-order valence-electron chi connectivity index (χ0n) is 10.9. The van der Waals surface area contributed by atoms with E-state index in [9.17, 15) is 4.79 Å². The van der Waals surface area contributed by atoms with Crippen molar-refractivity contribution in [2.75, 3.05) is 0 Å². The Kier molecular flexibility index (Phi) is 4.78. The van der Waals surface area contributed by atoms with Crippen LogP contribution < -0.4 is 5.73 Å². The maximum atomic E-state index is 11.7. The number of esters is 1. The summed E-state index contributed by atoms with van der Waals surface area (Å²) in [6.45, 7) is 8.38. The van der Waals surface area contributed by atoms with Crippen molar-refractivity contribution in [3.63, 3.8) is 0 Å². The van der Waals surface area contributed by atoms with Crippen LogP contribution in [-0.4, -0.2) is 18.1 Å². The summed E-state index contributed by atoms with van der Waals surface area (Å²) in [6, 6.07) is -0.477. The molecule has 4 atom stereocenters. The molecule has 0 saturated heterocycles. The van der Waals surface area contributed by atoms with Gasteiger partial charge in [0.1, 0.15) is 12.1 Å². The van der Waals surface area contributed by atoms with Gasteiger partial charge in [0.25, 0.3) is 0 Å². The van der Waals surface area contributed by atoms with Crippen LogP contribution >= 0.6 is 0 Å². The zero-order valence-corrected chi connectivity index (χ0v) is 10.9. The van der Waals surface area contributed by atoms with Crippen LogP contribution in [-0.2, 0) is 9.53 Å². The molecule has 0 aromatic carbocycles. The molecule has 1 saturated carbocycles. The molecule has 1 fully saturated rings. The van der Waals surface area contributed by atoms with Gasteiger partial charge in [0.15, 0.2) is 0 Å². The molecule has 0 spiro atoms. The van der Waals surface area contributed by atoms with E-state index < -0.39 is 6.04 Å². The van der Waals surface area contributed by atoms with Crippen molar-refractivity contribution >= 4 is 5.97 Å². The van der Waals surface area contributed by atoms with E-state index in [1.165, 1.54) is 0 Å². The van der Waals surface area contributed by atoms with Gasteiger partial charge in [-0.15, -0.1) is 0 Å². The number of hydrogen-bond acceptors (Lipinski definition) is 3. The Morgan fingerprint density at radius 1 is 1.25 bits per heavy atom. The number of hydrogen-bond donors (Lipinski definition) is 1. The number of carbonyl (C=O) groups excluding carboxylic acids is 1. The van der Waals surface area contributed by atoms with Gasteiger partial charge in [-0.25, -0.2) is 0 Å². The van der Waals surface area contributed by atoms with Crippen LogP contribution in [0.4, 0.5) is 0 Å². The molecule has 0 aromatic heterocycles. The van der Waals surface area contributed by atoms with Crippen LogP contribution in [0.25, 0.3) is 0 Å². The van der Waals surface area contributed by atoms with Crippen molar-refractivity contribution in [1.29, 1.82) is 0 Å². The lowest BCUT2D eigenvalue weighted by molar-refractivity contribution is -0.154. The molecule has 3 heteroatoms. The monoisotopic (exact) mass is 227 g/mol. The van der Waals surface area contributed by atoms with Gasteiger partial charge >= 0.3 is 5.97 Å². The van der Waals surface area contributed by atoms with Gasteiger partial charge in [0.05, 0.1) is 0 Å². The molecule has 3 nitrogen and oxygen atoms in total. The molecule has 1 aliphatic carbocycles. The van der Waals surface area contributed by atoms with Crippen LogP contribution in [0.5, 0.6) is 0 Å². The van der Waals surface area contributed by atoms with E-state index in [1.807, 2.05) is 13.8 Å². The quantitative estimate of drug-likeness (QED) is 0.753. The highest BCUT2D eigenvalue weighted by atomic mass is 16.5. The third kappa shape index (κ3) is 3.48.